The Balaban J connectivity index is 3.48. The summed E-state index contributed by atoms with van der Waals surface area (Å²) < 4.78 is 9.69. The Hall–Kier alpha value is -1.59. The number of hydrogen-bond donors (Lipinski definition) is 1. The molecule has 30 heavy (non-hydrogen) atoms. The highest BCUT2D eigenvalue weighted by atomic mass is 16.6. The van der Waals surface area contributed by atoms with Gasteiger partial charge in [0.1, 0.15) is 0 Å². The van der Waals surface area contributed by atoms with Crippen molar-refractivity contribution >= 4 is 17.9 Å². The van der Waals surface area contributed by atoms with E-state index in [-0.39, 0.29) is 6.42 Å². The van der Waals surface area contributed by atoms with Crippen LogP contribution in [0.2, 0.25) is 0 Å². The maximum atomic E-state index is 11.8. The summed E-state index contributed by atoms with van der Waals surface area (Å²) >= 11 is 0. The van der Waals surface area contributed by atoms with Gasteiger partial charge in [0.2, 0.25) is 0 Å². The summed E-state index contributed by atoms with van der Waals surface area (Å²) in [6, 6.07) is 0. The second-order valence-corrected chi connectivity index (χ2v) is 8.72. The van der Waals surface area contributed by atoms with E-state index >= 15 is 0 Å². The first-order chi connectivity index (χ1) is 14.2. The number of unbranched alkanes of at least 4 members (excludes halogenated alkanes) is 11. The number of rotatable bonds is 19. The van der Waals surface area contributed by atoms with Crippen molar-refractivity contribution in [2.45, 2.75) is 130 Å². The van der Waals surface area contributed by atoms with Crippen molar-refractivity contribution in [3.05, 3.63) is 0 Å². The Bertz CT molecular complexity index is 474. The third kappa shape index (κ3) is 17.3. The topological polar surface area (TPSA) is 89.9 Å². The van der Waals surface area contributed by atoms with E-state index in [1.54, 1.807) is 0 Å². The fourth-order valence-electron chi connectivity index (χ4n) is 3.21. The Morgan fingerprint density at radius 3 is 1.50 bits per heavy atom. The van der Waals surface area contributed by atoms with Crippen LogP contribution in [0, 0.1) is 5.92 Å². The van der Waals surface area contributed by atoms with Gasteiger partial charge < -0.3 is 14.6 Å². The molecule has 0 aromatic carbocycles. The number of esters is 2. The molecule has 0 fully saturated rings. The smallest absolute Gasteiger partial charge is 0.347 e. The molecule has 0 spiro atoms. The van der Waals surface area contributed by atoms with Crippen molar-refractivity contribution < 1.29 is 29.0 Å². The molecule has 0 bridgehead atoms. The van der Waals surface area contributed by atoms with Gasteiger partial charge in [-0.25, -0.2) is 9.59 Å². The van der Waals surface area contributed by atoms with E-state index in [1.807, 2.05) is 0 Å². The lowest BCUT2D eigenvalue weighted by Crippen LogP contribution is -2.32. The summed E-state index contributed by atoms with van der Waals surface area (Å²) in [4.78, 5) is 34.1. The van der Waals surface area contributed by atoms with Crippen molar-refractivity contribution in [1.29, 1.82) is 0 Å². The molecular formula is C24H44O6. The van der Waals surface area contributed by atoms with Crippen molar-refractivity contribution in [2.75, 3.05) is 0 Å². The second kappa shape index (κ2) is 18.2. The first kappa shape index (κ1) is 28.4. The molecule has 0 saturated carbocycles. The van der Waals surface area contributed by atoms with E-state index in [2.05, 4.69) is 18.6 Å². The molecule has 0 radical (unpaired) electrons. The number of aliphatic carboxylic acids is 1. The van der Waals surface area contributed by atoms with E-state index in [4.69, 9.17) is 9.84 Å². The minimum atomic E-state index is -1.26. The van der Waals surface area contributed by atoms with E-state index in [0.29, 0.717) is 0 Å². The first-order valence-electron chi connectivity index (χ1n) is 11.9. The molecule has 2 atom stereocenters. The van der Waals surface area contributed by atoms with Gasteiger partial charge in [-0.2, -0.15) is 0 Å². The molecule has 0 rings (SSSR count). The summed E-state index contributed by atoms with van der Waals surface area (Å²) in [5.41, 5.74) is 0. The average molecular weight is 429 g/mol. The van der Waals surface area contributed by atoms with Gasteiger partial charge in [-0.3, -0.25) is 4.79 Å². The van der Waals surface area contributed by atoms with Gasteiger partial charge in [-0.05, 0) is 26.2 Å². The van der Waals surface area contributed by atoms with Gasteiger partial charge in [-0.1, -0.05) is 90.9 Å². The standard InChI is InChI=1S/C24H44O6/c1-19(2)17-15-13-11-9-7-5-6-8-10-12-14-16-18-22(25)29-21(4)24(28)30-20(3)23(26)27/h19-21H,5-18H2,1-4H3,(H,26,27)/t20-,21+/m0/s1. The summed E-state index contributed by atoms with van der Waals surface area (Å²) in [5, 5.41) is 8.71. The molecule has 0 aromatic heterocycles. The predicted octanol–water partition coefficient (Wildman–Crippen LogP) is 6.05. The van der Waals surface area contributed by atoms with Crippen LogP contribution >= 0.6 is 0 Å². The Morgan fingerprint density at radius 2 is 1.07 bits per heavy atom. The maximum Gasteiger partial charge on any atom is 0.347 e. The third-order valence-corrected chi connectivity index (χ3v) is 5.19. The fourth-order valence-corrected chi connectivity index (χ4v) is 3.21. The molecule has 0 amide bonds. The first-order valence-corrected chi connectivity index (χ1v) is 11.9. The van der Waals surface area contributed by atoms with Gasteiger partial charge in [0.05, 0.1) is 0 Å². The lowest BCUT2D eigenvalue weighted by atomic mass is 10.0. The molecule has 176 valence electrons. The summed E-state index contributed by atoms with van der Waals surface area (Å²) in [7, 11) is 0. The van der Waals surface area contributed by atoms with Crippen molar-refractivity contribution in [3.8, 4) is 0 Å². The lowest BCUT2D eigenvalue weighted by molar-refractivity contribution is -0.174. The van der Waals surface area contributed by atoms with Gasteiger partial charge in [-0.15, -0.1) is 0 Å². The number of ether oxygens (including phenoxy) is 2. The van der Waals surface area contributed by atoms with E-state index in [9.17, 15) is 14.4 Å². The predicted molar refractivity (Wildman–Crippen MR) is 118 cm³/mol. The quantitative estimate of drug-likeness (QED) is 0.199. The molecule has 6 heteroatoms. The molecule has 0 aromatic rings. The van der Waals surface area contributed by atoms with Crippen LogP contribution in [-0.2, 0) is 23.9 Å². The molecule has 0 aliphatic heterocycles. The number of carbonyl (C=O) groups excluding carboxylic acids is 2. The van der Waals surface area contributed by atoms with Crippen LogP contribution in [0.15, 0.2) is 0 Å². The highest BCUT2D eigenvalue weighted by Crippen LogP contribution is 2.14. The highest BCUT2D eigenvalue weighted by molar-refractivity contribution is 5.82. The van der Waals surface area contributed by atoms with E-state index in [1.165, 1.54) is 78.1 Å². The Labute approximate surface area is 183 Å². The van der Waals surface area contributed by atoms with Gasteiger partial charge in [0.25, 0.3) is 0 Å². The van der Waals surface area contributed by atoms with Gasteiger partial charge >= 0.3 is 17.9 Å². The van der Waals surface area contributed by atoms with Crippen LogP contribution in [0.1, 0.15) is 118 Å². The van der Waals surface area contributed by atoms with Crippen molar-refractivity contribution in [3.63, 3.8) is 0 Å². The van der Waals surface area contributed by atoms with Crippen LogP contribution < -0.4 is 0 Å². The normalized spacial score (nSPS) is 13.1. The van der Waals surface area contributed by atoms with Gasteiger partial charge in [0, 0.05) is 6.42 Å². The molecule has 0 unspecified atom stereocenters. The molecule has 0 heterocycles. The van der Waals surface area contributed by atoms with Gasteiger partial charge in [0.15, 0.2) is 12.2 Å². The van der Waals surface area contributed by atoms with Crippen LogP contribution in [0.25, 0.3) is 0 Å². The zero-order valence-electron chi connectivity index (χ0n) is 19.6. The zero-order valence-corrected chi connectivity index (χ0v) is 19.6. The zero-order chi connectivity index (χ0) is 22.8. The summed E-state index contributed by atoms with van der Waals surface area (Å²) in [6.07, 6.45) is 14.0. The van der Waals surface area contributed by atoms with E-state index < -0.39 is 30.1 Å². The summed E-state index contributed by atoms with van der Waals surface area (Å²) in [6.45, 7) is 7.22. The largest absolute Gasteiger partial charge is 0.479 e. The van der Waals surface area contributed by atoms with Crippen LogP contribution in [-0.4, -0.2) is 35.2 Å². The molecule has 0 aliphatic rings. The molecule has 6 nitrogen and oxygen atoms in total. The third-order valence-electron chi connectivity index (χ3n) is 5.19. The molecular weight excluding hydrogens is 384 g/mol. The van der Waals surface area contributed by atoms with Crippen molar-refractivity contribution in [1.82, 2.24) is 0 Å². The minimum absolute atomic E-state index is 0.267. The molecule has 1 N–H and O–H groups in total. The minimum Gasteiger partial charge on any atom is -0.479 e. The van der Waals surface area contributed by atoms with E-state index in [0.717, 1.165) is 25.2 Å². The Morgan fingerprint density at radius 1 is 0.633 bits per heavy atom. The number of carboxylic acid groups (broad SMARTS) is 1. The van der Waals surface area contributed by atoms with Crippen molar-refractivity contribution in [2.24, 2.45) is 5.92 Å². The second-order valence-electron chi connectivity index (χ2n) is 8.72. The summed E-state index contributed by atoms with van der Waals surface area (Å²) in [5.74, 6) is -1.69. The average Bonchev–Trinajstić information content (AvgIpc) is 2.67. The monoisotopic (exact) mass is 428 g/mol. The van der Waals surface area contributed by atoms with Crippen LogP contribution in [0.5, 0.6) is 0 Å². The maximum absolute atomic E-state index is 11.8. The Kier molecular flexibility index (Phi) is 17.2. The SMILES string of the molecule is CC(C)CCCCCCCCCCCCCCC(=O)O[C@H](C)C(=O)O[C@@H](C)C(=O)O. The molecule has 0 aliphatic carbocycles. The number of hydrogen-bond acceptors (Lipinski definition) is 5. The number of carbonyl (C=O) groups is 3. The lowest BCUT2D eigenvalue weighted by Gasteiger charge is -2.14. The molecule has 0 saturated heterocycles. The van der Waals surface area contributed by atoms with Crippen LogP contribution in [0.4, 0.5) is 0 Å². The fraction of sp³-hybridized carbons (Fsp3) is 0.875. The number of carboxylic acids is 1. The highest BCUT2D eigenvalue weighted by Gasteiger charge is 2.23. The van der Waals surface area contributed by atoms with Crippen LogP contribution in [0.3, 0.4) is 0 Å².